The van der Waals surface area contributed by atoms with E-state index in [0.717, 1.165) is 18.2 Å². The van der Waals surface area contributed by atoms with Gasteiger partial charge in [-0.1, -0.05) is 7.43 Å². The highest BCUT2D eigenvalue weighted by Crippen LogP contribution is 2.17. The van der Waals surface area contributed by atoms with Crippen LogP contribution in [0.4, 0.5) is 0 Å². The van der Waals surface area contributed by atoms with Crippen LogP contribution in [0, 0.1) is 0 Å². The molecule has 0 aliphatic carbocycles. The molecule has 5 heteroatoms. The quantitative estimate of drug-likeness (QED) is 0.455. The van der Waals surface area contributed by atoms with Gasteiger partial charge in [-0.05, 0) is 57.1 Å². The van der Waals surface area contributed by atoms with Gasteiger partial charge in [0, 0.05) is 12.7 Å². The molecule has 1 N–H and O–H groups in total. The summed E-state index contributed by atoms with van der Waals surface area (Å²) < 4.78 is 10.9. The molecule has 0 aliphatic heterocycles. The van der Waals surface area contributed by atoms with Gasteiger partial charge in [0.2, 0.25) is 0 Å². The van der Waals surface area contributed by atoms with Gasteiger partial charge in [0.05, 0.1) is 6.61 Å². The molecular weight excluding hydrogens is 284 g/mol. The van der Waals surface area contributed by atoms with Gasteiger partial charge < -0.3 is 14.3 Å². The maximum Gasteiger partial charge on any atom is 0.193 e. The molecule has 21 heavy (non-hydrogen) atoms. The Kier molecular flexibility index (Phi) is 8.47. The number of benzene rings is 1. The molecule has 0 bridgehead atoms. The molecule has 0 radical (unpaired) electrons. The van der Waals surface area contributed by atoms with Gasteiger partial charge in [0.15, 0.2) is 14.8 Å². The van der Waals surface area contributed by atoms with Gasteiger partial charge in [-0.3, -0.25) is 4.79 Å². The summed E-state index contributed by atoms with van der Waals surface area (Å²) in [7, 11) is 0.760. The molecule has 0 saturated heterocycles. The average molecular weight is 312 g/mol. The molecule has 0 aliphatic rings. The Labute approximate surface area is 129 Å². The molecule has 120 valence electrons. The summed E-state index contributed by atoms with van der Waals surface area (Å²) in [5.74, 6) is 0.452. The summed E-state index contributed by atoms with van der Waals surface area (Å²) in [4.78, 5) is 11.8. The van der Waals surface area contributed by atoms with E-state index in [1.54, 1.807) is 31.4 Å². The van der Waals surface area contributed by atoms with Gasteiger partial charge >= 0.3 is 0 Å². The lowest BCUT2D eigenvalue weighted by molar-refractivity contribution is 0.0488. The molecule has 1 rings (SSSR count). The topological polar surface area (TPSA) is 55.8 Å². The van der Waals surface area contributed by atoms with Crippen LogP contribution in [0.5, 0.6) is 5.75 Å². The molecule has 0 aromatic heterocycles. The lowest BCUT2D eigenvalue weighted by Gasteiger charge is -2.15. The standard InChI is InChI=1S/C15H24O4Si.CH4/c1-15(2,17)14(16)12-6-8-13(9-7-12)19-10-5-11-20(4)18-3;/h6-9,17,20H,5,10-11H2,1-4H3;1H4. The van der Waals surface area contributed by atoms with Gasteiger partial charge in [-0.2, -0.15) is 0 Å². The van der Waals surface area contributed by atoms with E-state index in [2.05, 4.69) is 6.55 Å². The fourth-order valence-electron chi connectivity index (χ4n) is 1.73. The van der Waals surface area contributed by atoms with Crippen molar-refractivity contribution in [2.75, 3.05) is 13.7 Å². The lowest BCUT2D eigenvalue weighted by Crippen LogP contribution is -2.30. The number of aliphatic hydroxyl groups is 1. The molecule has 0 spiro atoms. The van der Waals surface area contributed by atoms with E-state index in [-0.39, 0.29) is 13.2 Å². The second-order valence-electron chi connectivity index (χ2n) is 5.45. The summed E-state index contributed by atoms with van der Waals surface area (Å²) in [5, 5.41) is 9.67. The van der Waals surface area contributed by atoms with Crippen LogP contribution in [0.15, 0.2) is 24.3 Å². The molecule has 0 saturated carbocycles. The molecule has 4 nitrogen and oxygen atoms in total. The van der Waals surface area contributed by atoms with Crippen molar-refractivity contribution < 1.29 is 19.1 Å². The fourth-order valence-corrected chi connectivity index (χ4v) is 2.71. The minimum absolute atomic E-state index is 0. The Morgan fingerprint density at radius 3 is 2.33 bits per heavy atom. The van der Waals surface area contributed by atoms with Gasteiger partial charge in [0.1, 0.15) is 11.4 Å². The number of Topliss-reactive ketones (excluding diaryl/α,β-unsaturated/α-hetero) is 1. The van der Waals surface area contributed by atoms with Gasteiger partial charge in [-0.25, -0.2) is 0 Å². The normalized spacial score (nSPS) is 12.4. The van der Waals surface area contributed by atoms with Crippen molar-refractivity contribution >= 4 is 14.8 Å². The third-order valence-electron chi connectivity index (χ3n) is 3.10. The van der Waals surface area contributed by atoms with Crippen molar-refractivity contribution in [2.24, 2.45) is 0 Å². The van der Waals surface area contributed by atoms with Gasteiger partial charge in [0.25, 0.3) is 0 Å². The molecule has 0 heterocycles. The van der Waals surface area contributed by atoms with E-state index in [0.29, 0.717) is 12.2 Å². The zero-order valence-corrected chi connectivity index (χ0v) is 13.8. The smallest absolute Gasteiger partial charge is 0.193 e. The Balaban J connectivity index is 0.00000400. The highest BCUT2D eigenvalue weighted by molar-refractivity contribution is 6.50. The first-order valence-corrected chi connectivity index (χ1v) is 9.31. The SMILES string of the molecule is C.CO[SiH](C)CCCOc1ccc(C(=O)C(C)(C)O)cc1. The largest absolute Gasteiger partial charge is 0.494 e. The van der Waals surface area contributed by atoms with Crippen LogP contribution in [0.25, 0.3) is 0 Å². The van der Waals surface area contributed by atoms with E-state index in [1.165, 1.54) is 13.8 Å². The predicted molar refractivity (Wildman–Crippen MR) is 88.7 cm³/mol. The first kappa shape index (κ1) is 19.8. The van der Waals surface area contributed by atoms with Crippen LogP contribution in [-0.2, 0) is 4.43 Å². The summed E-state index contributed by atoms with van der Waals surface area (Å²) >= 11 is 0. The second-order valence-corrected chi connectivity index (χ2v) is 8.12. The van der Waals surface area contributed by atoms with E-state index < -0.39 is 14.6 Å². The van der Waals surface area contributed by atoms with Crippen molar-refractivity contribution in [3.63, 3.8) is 0 Å². The second kappa shape index (κ2) is 8.97. The van der Waals surface area contributed by atoms with Crippen molar-refractivity contribution in [3.05, 3.63) is 29.8 Å². The first-order valence-electron chi connectivity index (χ1n) is 6.87. The van der Waals surface area contributed by atoms with Crippen LogP contribution < -0.4 is 4.74 Å². The molecule has 0 fully saturated rings. The molecule has 1 unspecified atom stereocenters. The summed E-state index contributed by atoms with van der Waals surface area (Å²) in [6.45, 7) is 5.79. The number of rotatable bonds is 8. The van der Waals surface area contributed by atoms with Crippen molar-refractivity contribution in [1.29, 1.82) is 0 Å². The van der Waals surface area contributed by atoms with Crippen LogP contribution >= 0.6 is 0 Å². The monoisotopic (exact) mass is 312 g/mol. The van der Waals surface area contributed by atoms with Crippen LogP contribution in [0.3, 0.4) is 0 Å². The number of ketones is 1. The summed E-state index contributed by atoms with van der Waals surface area (Å²) in [6.07, 6.45) is 0.978. The van der Waals surface area contributed by atoms with E-state index in [1.807, 2.05) is 0 Å². The van der Waals surface area contributed by atoms with E-state index in [9.17, 15) is 9.90 Å². The minimum Gasteiger partial charge on any atom is -0.494 e. The minimum atomic E-state index is -1.34. The number of ether oxygens (including phenoxy) is 1. The van der Waals surface area contributed by atoms with Crippen LogP contribution in [0.1, 0.15) is 38.1 Å². The van der Waals surface area contributed by atoms with Crippen LogP contribution in [0.2, 0.25) is 12.6 Å². The lowest BCUT2D eigenvalue weighted by atomic mass is 9.97. The molecule has 1 aromatic rings. The third kappa shape index (κ3) is 6.88. The molecule has 1 atom stereocenters. The predicted octanol–water partition coefficient (Wildman–Crippen LogP) is 3.05. The maximum absolute atomic E-state index is 11.8. The molecule has 1 aromatic carbocycles. The number of carbonyl (C=O) groups excluding carboxylic acids is 1. The van der Waals surface area contributed by atoms with Crippen LogP contribution in [-0.4, -0.2) is 39.2 Å². The summed E-state index contributed by atoms with van der Waals surface area (Å²) in [5.41, 5.74) is -0.853. The molecular formula is C16H28O4Si. The number of hydrogen-bond acceptors (Lipinski definition) is 4. The number of hydrogen-bond donors (Lipinski definition) is 1. The first-order chi connectivity index (χ1) is 9.34. The fraction of sp³-hybridized carbons (Fsp3) is 0.562. The van der Waals surface area contributed by atoms with E-state index in [4.69, 9.17) is 9.16 Å². The third-order valence-corrected chi connectivity index (χ3v) is 5.12. The Hall–Kier alpha value is -1.17. The highest BCUT2D eigenvalue weighted by atomic mass is 28.3. The van der Waals surface area contributed by atoms with Crippen molar-refractivity contribution in [1.82, 2.24) is 0 Å². The average Bonchev–Trinajstić information content (AvgIpc) is 2.42. The Bertz CT molecular complexity index is 423. The zero-order valence-electron chi connectivity index (χ0n) is 12.7. The van der Waals surface area contributed by atoms with Crippen molar-refractivity contribution in [2.45, 2.75) is 45.9 Å². The van der Waals surface area contributed by atoms with E-state index >= 15 is 0 Å². The zero-order chi connectivity index (χ0) is 15.2. The number of carbonyl (C=O) groups is 1. The van der Waals surface area contributed by atoms with Gasteiger partial charge in [-0.15, -0.1) is 0 Å². The highest BCUT2D eigenvalue weighted by Gasteiger charge is 2.24. The maximum atomic E-state index is 11.8. The summed E-state index contributed by atoms with van der Waals surface area (Å²) in [6, 6.07) is 7.97. The Morgan fingerprint density at radius 1 is 1.29 bits per heavy atom. The molecule has 0 amide bonds. The van der Waals surface area contributed by atoms with Crippen molar-refractivity contribution in [3.8, 4) is 5.75 Å². The Morgan fingerprint density at radius 2 is 1.86 bits per heavy atom.